The number of carbonyl (C=O) groups excluding carboxylic acids is 2. The maximum atomic E-state index is 11.9. The first-order valence-electron chi connectivity index (χ1n) is 7.92. The SMILES string of the molecule is CCOC(=O)C1CCCCCCCCCCC(=O)C1. The second kappa shape index (κ2) is 9.99. The van der Waals surface area contributed by atoms with E-state index in [0.717, 1.165) is 25.7 Å². The maximum absolute atomic E-state index is 11.9. The van der Waals surface area contributed by atoms with E-state index in [4.69, 9.17) is 4.74 Å². The van der Waals surface area contributed by atoms with Crippen LogP contribution in [0.2, 0.25) is 0 Å². The smallest absolute Gasteiger partial charge is 0.309 e. The van der Waals surface area contributed by atoms with Crippen LogP contribution in [0.25, 0.3) is 0 Å². The molecule has 0 radical (unpaired) electrons. The van der Waals surface area contributed by atoms with Crippen LogP contribution >= 0.6 is 0 Å². The summed E-state index contributed by atoms with van der Waals surface area (Å²) >= 11 is 0. The van der Waals surface area contributed by atoms with Gasteiger partial charge in [0.05, 0.1) is 12.5 Å². The van der Waals surface area contributed by atoms with Crippen molar-refractivity contribution < 1.29 is 14.3 Å². The maximum Gasteiger partial charge on any atom is 0.309 e. The predicted octanol–water partition coefficient (Wildman–Crippen LogP) is 4.04. The molecule has 19 heavy (non-hydrogen) atoms. The van der Waals surface area contributed by atoms with Crippen LogP contribution in [-0.2, 0) is 14.3 Å². The normalized spacial score (nSPS) is 23.8. The molecule has 0 spiro atoms. The number of Topliss-reactive ketones (excluding diaryl/α,β-unsaturated/α-hetero) is 1. The van der Waals surface area contributed by atoms with Gasteiger partial charge in [-0.05, 0) is 19.8 Å². The molecule has 1 fully saturated rings. The topological polar surface area (TPSA) is 43.4 Å². The van der Waals surface area contributed by atoms with Crippen LogP contribution in [0.15, 0.2) is 0 Å². The minimum Gasteiger partial charge on any atom is -0.466 e. The van der Waals surface area contributed by atoms with Gasteiger partial charge in [-0.2, -0.15) is 0 Å². The zero-order valence-corrected chi connectivity index (χ0v) is 12.3. The molecule has 1 saturated carbocycles. The minimum absolute atomic E-state index is 0.175. The van der Waals surface area contributed by atoms with Gasteiger partial charge in [0.1, 0.15) is 5.78 Å². The Bertz CT molecular complexity index is 273. The third kappa shape index (κ3) is 7.34. The van der Waals surface area contributed by atoms with E-state index in [-0.39, 0.29) is 17.7 Å². The summed E-state index contributed by atoms with van der Waals surface area (Å²) in [6, 6.07) is 0. The molecule has 3 heteroatoms. The van der Waals surface area contributed by atoms with E-state index in [0.29, 0.717) is 19.4 Å². The average Bonchev–Trinajstić information content (AvgIpc) is 2.40. The molecule has 1 aliphatic carbocycles. The minimum atomic E-state index is -0.201. The highest BCUT2D eigenvalue weighted by atomic mass is 16.5. The fourth-order valence-corrected chi connectivity index (χ4v) is 2.71. The Morgan fingerprint density at radius 1 is 1.05 bits per heavy atom. The van der Waals surface area contributed by atoms with Crippen LogP contribution in [-0.4, -0.2) is 18.4 Å². The lowest BCUT2D eigenvalue weighted by Gasteiger charge is -2.14. The zero-order valence-electron chi connectivity index (χ0n) is 12.3. The molecule has 110 valence electrons. The van der Waals surface area contributed by atoms with E-state index < -0.39 is 0 Å². The van der Waals surface area contributed by atoms with Gasteiger partial charge in [0, 0.05) is 12.8 Å². The molecular formula is C16H28O3. The molecule has 3 nitrogen and oxygen atoms in total. The van der Waals surface area contributed by atoms with Crippen LogP contribution in [0.1, 0.15) is 77.6 Å². The quantitative estimate of drug-likeness (QED) is 0.710. The van der Waals surface area contributed by atoms with Crippen molar-refractivity contribution in [3.05, 3.63) is 0 Å². The molecule has 1 atom stereocenters. The number of esters is 1. The van der Waals surface area contributed by atoms with Gasteiger partial charge in [-0.15, -0.1) is 0 Å². The first kappa shape index (κ1) is 16.2. The van der Waals surface area contributed by atoms with E-state index in [1.165, 1.54) is 32.1 Å². The van der Waals surface area contributed by atoms with Gasteiger partial charge in [-0.25, -0.2) is 0 Å². The monoisotopic (exact) mass is 268 g/mol. The summed E-state index contributed by atoms with van der Waals surface area (Å²) in [6.07, 6.45) is 11.2. The van der Waals surface area contributed by atoms with Crippen LogP contribution in [0.3, 0.4) is 0 Å². The third-order valence-corrected chi connectivity index (χ3v) is 3.85. The summed E-state index contributed by atoms with van der Waals surface area (Å²) in [6.45, 7) is 2.23. The van der Waals surface area contributed by atoms with Crippen molar-refractivity contribution in [2.45, 2.75) is 77.6 Å². The lowest BCUT2D eigenvalue weighted by Crippen LogP contribution is -2.21. The van der Waals surface area contributed by atoms with Gasteiger partial charge in [-0.3, -0.25) is 9.59 Å². The van der Waals surface area contributed by atoms with Crippen molar-refractivity contribution in [2.24, 2.45) is 5.92 Å². The highest BCUT2D eigenvalue weighted by molar-refractivity contribution is 5.84. The van der Waals surface area contributed by atoms with E-state index in [1.807, 2.05) is 6.92 Å². The Morgan fingerprint density at radius 3 is 2.26 bits per heavy atom. The van der Waals surface area contributed by atoms with Crippen molar-refractivity contribution >= 4 is 11.8 Å². The third-order valence-electron chi connectivity index (χ3n) is 3.85. The van der Waals surface area contributed by atoms with Gasteiger partial charge in [-0.1, -0.05) is 44.9 Å². The first-order chi connectivity index (χ1) is 9.24. The molecule has 0 aromatic carbocycles. The van der Waals surface area contributed by atoms with Gasteiger partial charge in [0.15, 0.2) is 0 Å². The molecule has 0 bridgehead atoms. The summed E-state index contributed by atoms with van der Waals surface area (Å²) < 4.78 is 5.09. The number of rotatable bonds is 2. The average molecular weight is 268 g/mol. The molecular weight excluding hydrogens is 240 g/mol. The number of ketones is 1. The number of hydrogen-bond acceptors (Lipinski definition) is 3. The fourth-order valence-electron chi connectivity index (χ4n) is 2.71. The molecule has 0 saturated heterocycles. The molecule has 0 aliphatic heterocycles. The van der Waals surface area contributed by atoms with Crippen molar-refractivity contribution in [3.63, 3.8) is 0 Å². The number of hydrogen-bond donors (Lipinski definition) is 0. The summed E-state index contributed by atoms with van der Waals surface area (Å²) in [7, 11) is 0. The molecule has 0 heterocycles. The number of carbonyl (C=O) groups is 2. The van der Waals surface area contributed by atoms with E-state index in [1.54, 1.807) is 0 Å². The Hall–Kier alpha value is -0.860. The van der Waals surface area contributed by atoms with Gasteiger partial charge in [0.25, 0.3) is 0 Å². The summed E-state index contributed by atoms with van der Waals surface area (Å²) in [5.41, 5.74) is 0. The van der Waals surface area contributed by atoms with Gasteiger partial charge < -0.3 is 4.74 Å². The summed E-state index contributed by atoms with van der Waals surface area (Å²) in [5, 5.41) is 0. The van der Waals surface area contributed by atoms with Gasteiger partial charge >= 0.3 is 5.97 Å². The van der Waals surface area contributed by atoms with Crippen molar-refractivity contribution in [1.82, 2.24) is 0 Å². The second-order valence-electron chi connectivity index (χ2n) is 5.56. The van der Waals surface area contributed by atoms with Crippen molar-refractivity contribution in [3.8, 4) is 0 Å². The molecule has 1 rings (SSSR count). The molecule has 0 amide bonds. The van der Waals surface area contributed by atoms with Crippen molar-refractivity contribution in [2.75, 3.05) is 6.61 Å². The predicted molar refractivity (Wildman–Crippen MR) is 75.9 cm³/mol. The van der Waals surface area contributed by atoms with Crippen LogP contribution in [0.4, 0.5) is 0 Å². The fraction of sp³-hybridized carbons (Fsp3) is 0.875. The lowest BCUT2D eigenvalue weighted by atomic mass is 9.94. The molecule has 1 unspecified atom stereocenters. The van der Waals surface area contributed by atoms with Crippen molar-refractivity contribution in [1.29, 1.82) is 0 Å². The van der Waals surface area contributed by atoms with Crippen LogP contribution < -0.4 is 0 Å². The zero-order chi connectivity index (χ0) is 13.9. The van der Waals surface area contributed by atoms with E-state index in [2.05, 4.69) is 0 Å². The van der Waals surface area contributed by atoms with E-state index in [9.17, 15) is 9.59 Å². The first-order valence-corrected chi connectivity index (χ1v) is 7.92. The molecule has 1 aliphatic rings. The Labute approximate surface area is 117 Å². The molecule has 0 aromatic rings. The highest BCUT2D eigenvalue weighted by Crippen LogP contribution is 2.20. The number of ether oxygens (including phenoxy) is 1. The summed E-state index contributed by atoms with van der Waals surface area (Å²) in [4.78, 5) is 23.8. The van der Waals surface area contributed by atoms with Gasteiger partial charge in [0.2, 0.25) is 0 Å². The molecule has 0 aromatic heterocycles. The lowest BCUT2D eigenvalue weighted by molar-refractivity contribution is -0.150. The Kier molecular flexibility index (Phi) is 8.52. The summed E-state index contributed by atoms with van der Waals surface area (Å²) in [5.74, 6) is -0.142. The van der Waals surface area contributed by atoms with Crippen LogP contribution in [0.5, 0.6) is 0 Å². The standard InChI is InChI=1S/C16H28O3/c1-2-19-16(18)14-11-9-7-5-3-4-6-8-10-12-15(17)13-14/h14H,2-13H2,1H3. The van der Waals surface area contributed by atoms with Crippen LogP contribution in [0, 0.1) is 5.92 Å². The highest BCUT2D eigenvalue weighted by Gasteiger charge is 2.22. The Morgan fingerprint density at radius 2 is 1.63 bits per heavy atom. The molecule has 0 N–H and O–H groups in total. The van der Waals surface area contributed by atoms with E-state index >= 15 is 0 Å². The second-order valence-corrected chi connectivity index (χ2v) is 5.56. The Balaban J connectivity index is 2.49. The largest absolute Gasteiger partial charge is 0.466 e.